The minimum Gasteiger partial charge on any atom is -0.505 e. The van der Waals surface area contributed by atoms with Gasteiger partial charge in [-0.2, -0.15) is 0 Å². The monoisotopic (exact) mass is 464 g/mol. The number of anilines is 1. The standard InChI is InChI=1S/C23H32N2O8/c1-4-5-7-16-19(33-22(29)14(2)3)12-31-10-15(11-32-23(16)30)25-21(28)17-8-6-9-18(20(17)27)24-13-26/h6,8-9,13-16,19,27H,4-5,7,10-12H2,1-3H3,(H,24,26)(H,25,28). The Morgan fingerprint density at radius 3 is 2.70 bits per heavy atom. The molecule has 1 fully saturated rings. The summed E-state index contributed by atoms with van der Waals surface area (Å²) in [5.74, 6) is -2.99. The SMILES string of the molecule is CCCCC1C(=O)OCC(NC(=O)c2cccc(NC=O)c2O)COCC1OC(=O)C(C)C. The highest BCUT2D eigenvalue weighted by atomic mass is 16.6. The van der Waals surface area contributed by atoms with Crippen LogP contribution in [0, 0.1) is 11.8 Å². The lowest BCUT2D eigenvalue weighted by molar-refractivity contribution is -0.166. The molecular weight excluding hydrogens is 432 g/mol. The molecule has 0 spiro atoms. The lowest BCUT2D eigenvalue weighted by atomic mass is 9.96. The van der Waals surface area contributed by atoms with Crippen molar-refractivity contribution in [2.75, 3.05) is 25.1 Å². The van der Waals surface area contributed by atoms with Gasteiger partial charge in [0.1, 0.15) is 12.7 Å². The first-order chi connectivity index (χ1) is 15.8. The van der Waals surface area contributed by atoms with Crippen LogP contribution in [-0.4, -0.2) is 61.3 Å². The molecule has 1 saturated heterocycles. The summed E-state index contributed by atoms with van der Waals surface area (Å²) < 4.78 is 16.7. The number of phenols is 1. The number of ether oxygens (including phenoxy) is 3. The Hall–Kier alpha value is -3.14. The second-order valence-corrected chi connectivity index (χ2v) is 8.18. The number of esters is 2. The number of phenolic OH excluding ortho intramolecular Hbond substituents is 1. The van der Waals surface area contributed by atoms with Gasteiger partial charge in [0.15, 0.2) is 5.75 Å². The number of nitrogens with one attached hydrogen (secondary N) is 2. The molecular formula is C23H32N2O8. The minimum absolute atomic E-state index is 0.00227. The number of carbonyl (C=O) groups is 4. The van der Waals surface area contributed by atoms with E-state index in [1.165, 1.54) is 18.2 Å². The van der Waals surface area contributed by atoms with Crippen LogP contribution in [-0.2, 0) is 28.6 Å². The number of aromatic hydroxyl groups is 1. The summed E-state index contributed by atoms with van der Waals surface area (Å²) in [7, 11) is 0. The molecule has 3 unspecified atom stereocenters. The molecule has 182 valence electrons. The van der Waals surface area contributed by atoms with Crippen molar-refractivity contribution in [1.82, 2.24) is 5.32 Å². The van der Waals surface area contributed by atoms with Crippen molar-refractivity contribution < 1.29 is 38.5 Å². The van der Waals surface area contributed by atoms with Gasteiger partial charge in [0.05, 0.1) is 42.3 Å². The zero-order valence-electron chi connectivity index (χ0n) is 19.2. The van der Waals surface area contributed by atoms with Gasteiger partial charge in [-0.1, -0.05) is 39.7 Å². The number of para-hydroxylation sites is 1. The van der Waals surface area contributed by atoms with E-state index in [4.69, 9.17) is 14.2 Å². The molecule has 3 N–H and O–H groups in total. The van der Waals surface area contributed by atoms with E-state index in [1.807, 2.05) is 6.92 Å². The van der Waals surface area contributed by atoms with Crippen LogP contribution in [0.25, 0.3) is 0 Å². The first kappa shape index (κ1) is 26.1. The summed E-state index contributed by atoms with van der Waals surface area (Å²) in [6.45, 7) is 5.25. The third kappa shape index (κ3) is 7.45. The lowest BCUT2D eigenvalue weighted by Gasteiger charge is -2.25. The van der Waals surface area contributed by atoms with Crippen molar-refractivity contribution in [3.05, 3.63) is 23.8 Å². The van der Waals surface area contributed by atoms with E-state index in [9.17, 15) is 24.3 Å². The van der Waals surface area contributed by atoms with Gasteiger partial charge in [0.2, 0.25) is 6.41 Å². The maximum atomic E-state index is 12.8. The van der Waals surface area contributed by atoms with Gasteiger partial charge in [-0.15, -0.1) is 0 Å². The predicted molar refractivity (Wildman–Crippen MR) is 119 cm³/mol. The maximum Gasteiger partial charge on any atom is 0.312 e. The smallest absolute Gasteiger partial charge is 0.312 e. The first-order valence-corrected chi connectivity index (χ1v) is 11.1. The van der Waals surface area contributed by atoms with E-state index >= 15 is 0 Å². The van der Waals surface area contributed by atoms with Gasteiger partial charge in [0, 0.05) is 0 Å². The molecule has 1 aromatic rings. The Labute approximate surface area is 193 Å². The molecule has 1 aliphatic rings. The predicted octanol–water partition coefficient (Wildman–Crippen LogP) is 2.01. The lowest BCUT2D eigenvalue weighted by Crippen LogP contribution is -2.42. The summed E-state index contributed by atoms with van der Waals surface area (Å²) in [4.78, 5) is 48.3. The molecule has 1 aliphatic heterocycles. The van der Waals surface area contributed by atoms with Gasteiger partial charge in [-0.3, -0.25) is 19.2 Å². The largest absolute Gasteiger partial charge is 0.505 e. The average Bonchev–Trinajstić information content (AvgIpc) is 2.84. The highest BCUT2D eigenvalue weighted by molar-refractivity contribution is 5.99. The highest BCUT2D eigenvalue weighted by Crippen LogP contribution is 2.27. The van der Waals surface area contributed by atoms with Crippen LogP contribution in [0.2, 0.25) is 0 Å². The van der Waals surface area contributed by atoms with Crippen LogP contribution in [0.3, 0.4) is 0 Å². The van der Waals surface area contributed by atoms with Crippen LogP contribution in [0.5, 0.6) is 5.75 Å². The molecule has 0 aromatic heterocycles. The number of hydrogen-bond acceptors (Lipinski definition) is 8. The van der Waals surface area contributed by atoms with E-state index in [0.29, 0.717) is 12.8 Å². The summed E-state index contributed by atoms with van der Waals surface area (Å²) in [6, 6.07) is 3.65. The Bertz CT molecular complexity index is 842. The maximum absolute atomic E-state index is 12.8. The van der Waals surface area contributed by atoms with Crippen LogP contribution < -0.4 is 10.6 Å². The Kier molecular flexibility index (Phi) is 10.1. The van der Waals surface area contributed by atoms with Crippen molar-refractivity contribution in [2.24, 2.45) is 11.8 Å². The second kappa shape index (κ2) is 12.8. The van der Waals surface area contributed by atoms with Crippen LogP contribution >= 0.6 is 0 Å². The first-order valence-electron chi connectivity index (χ1n) is 11.1. The molecule has 0 bridgehead atoms. The van der Waals surface area contributed by atoms with E-state index in [-0.39, 0.29) is 42.7 Å². The zero-order chi connectivity index (χ0) is 24.4. The van der Waals surface area contributed by atoms with Gasteiger partial charge in [0.25, 0.3) is 5.91 Å². The van der Waals surface area contributed by atoms with Crippen molar-refractivity contribution >= 4 is 29.9 Å². The van der Waals surface area contributed by atoms with E-state index in [2.05, 4.69) is 10.6 Å². The number of amides is 2. The summed E-state index contributed by atoms with van der Waals surface area (Å²) in [6.07, 6.45) is 1.69. The third-order valence-electron chi connectivity index (χ3n) is 5.22. The molecule has 0 radical (unpaired) electrons. The van der Waals surface area contributed by atoms with Crippen LogP contribution in [0.1, 0.15) is 50.4 Å². The fourth-order valence-electron chi connectivity index (χ4n) is 3.31. The topological polar surface area (TPSA) is 140 Å². The molecule has 10 heteroatoms. The zero-order valence-corrected chi connectivity index (χ0v) is 19.2. The molecule has 10 nitrogen and oxygen atoms in total. The highest BCUT2D eigenvalue weighted by Gasteiger charge is 2.35. The Balaban J connectivity index is 2.12. The van der Waals surface area contributed by atoms with E-state index in [1.54, 1.807) is 13.8 Å². The summed E-state index contributed by atoms with van der Waals surface area (Å²) >= 11 is 0. The molecule has 2 amide bonds. The fraction of sp³-hybridized carbons (Fsp3) is 0.565. The molecule has 2 rings (SSSR count). The number of cyclic esters (lactones) is 1. The Morgan fingerprint density at radius 1 is 1.27 bits per heavy atom. The van der Waals surface area contributed by atoms with Crippen LogP contribution in [0.4, 0.5) is 5.69 Å². The Morgan fingerprint density at radius 2 is 2.03 bits per heavy atom. The molecule has 1 aromatic carbocycles. The quantitative estimate of drug-likeness (QED) is 0.286. The van der Waals surface area contributed by atoms with Crippen molar-refractivity contribution in [3.63, 3.8) is 0 Å². The van der Waals surface area contributed by atoms with E-state index < -0.39 is 35.9 Å². The number of hydrogen-bond donors (Lipinski definition) is 3. The molecule has 1 heterocycles. The average molecular weight is 465 g/mol. The normalized spacial score (nSPS) is 21.2. The molecule has 0 aliphatic carbocycles. The van der Waals surface area contributed by atoms with Crippen molar-refractivity contribution in [1.29, 1.82) is 0 Å². The molecule has 0 saturated carbocycles. The number of unbranched alkanes of at least 4 members (excludes halogenated alkanes) is 1. The van der Waals surface area contributed by atoms with Gasteiger partial charge >= 0.3 is 11.9 Å². The van der Waals surface area contributed by atoms with Gasteiger partial charge in [-0.25, -0.2) is 0 Å². The molecule has 3 atom stereocenters. The summed E-state index contributed by atoms with van der Waals surface area (Å²) in [5, 5.41) is 15.2. The fourth-order valence-corrected chi connectivity index (χ4v) is 3.31. The van der Waals surface area contributed by atoms with E-state index in [0.717, 1.165) is 12.8 Å². The van der Waals surface area contributed by atoms with Crippen LogP contribution in [0.15, 0.2) is 18.2 Å². The van der Waals surface area contributed by atoms with Gasteiger partial charge in [-0.05, 0) is 18.6 Å². The molecule has 33 heavy (non-hydrogen) atoms. The third-order valence-corrected chi connectivity index (χ3v) is 5.22. The van der Waals surface area contributed by atoms with Gasteiger partial charge < -0.3 is 30.0 Å². The van der Waals surface area contributed by atoms with Crippen molar-refractivity contribution in [3.8, 4) is 5.75 Å². The minimum atomic E-state index is -0.788. The number of carbonyl (C=O) groups excluding carboxylic acids is 4. The second-order valence-electron chi connectivity index (χ2n) is 8.18. The number of benzene rings is 1. The summed E-state index contributed by atoms with van der Waals surface area (Å²) in [5.41, 5.74) is 0.0287. The number of rotatable bonds is 9. The van der Waals surface area contributed by atoms with Crippen molar-refractivity contribution in [2.45, 2.75) is 52.2 Å².